The quantitative estimate of drug-likeness (QED) is 0.385. The fourth-order valence-electron chi connectivity index (χ4n) is 6.06. The van der Waals surface area contributed by atoms with Crippen LogP contribution in [0.1, 0.15) is 58.4 Å². The Morgan fingerprint density at radius 2 is 1.78 bits per heavy atom. The summed E-state index contributed by atoms with van der Waals surface area (Å²) < 4.78 is 28.8. The molecule has 0 aromatic heterocycles. The molecule has 172 valence electrons. The number of hydrogen-bond acceptors (Lipinski definition) is 3. The van der Waals surface area contributed by atoms with Gasteiger partial charge in [0, 0.05) is 25.6 Å². The van der Waals surface area contributed by atoms with Gasteiger partial charge in [-0.15, -0.1) is 0 Å². The van der Waals surface area contributed by atoms with E-state index in [4.69, 9.17) is 0 Å². The molecule has 1 heterocycles. The highest BCUT2D eigenvalue weighted by atomic mass is 19.1. The maximum absolute atomic E-state index is 14.4. The maximum atomic E-state index is 14.4. The number of halogens is 2. The topological polar surface area (TPSA) is 45.0 Å². The zero-order valence-corrected chi connectivity index (χ0v) is 19.5. The highest BCUT2D eigenvalue weighted by Crippen LogP contribution is 2.60. The molecule has 0 bridgehead atoms. The normalized spacial score (nSPS) is 28.6. The van der Waals surface area contributed by atoms with Crippen molar-refractivity contribution in [3.63, 3.8) is 0 Å². The molecule has 1 aromatic rings. The molecule has 4 nitrogen and oxygen atoms in total. The molecule has 4 rings (SSSR count). The third-order valence-corrected chi connectivity index (χ3v) is 8.65. The maximum Gasteiger partial charge on any atom is 0.229 e. The van der Waals surface area contributed by atoms with Crippen LogP contribution in [0.5, 0.6) is 0 Å². The molecule has 2 aliphatic carbocycles. The first kappa shape index (κ1) is 22.8. The average Bonchev–Trinajstić information content (AvgIpc) is 2.89. The van der Waals surface area contributed by atoms with Crippen LogP contribution >= 0.6 is 0 Å². The summed E-state index contributed by atoms with van der Waals surface area (Å²) in [6, 6.07) is 3.74. The van der Waals surface area contributed by atoms with Crippen LogP contribution in [0.2, 0.25) is 0 Å². The fourth-order valence-corrected chi connectivity index (χ4v) is 6.06. The van der Waals surface area contributed by atoms with Crippen LogP contribution in [0.15, 0.2) is 46.7 Å². The Balaban J connectivity index is 1.58. The van der Waals surface area contributed by atoms with Crippen molar-refractivity contribution in [1.29, 1.82) is 0 Å². The lowest BCUT2D eigenvalue weighted by Crippen LogP contribution is -2.64. The monoisotopic (exact) mass is 441 g/mol. The van der Waals surface area contributed by atoms with E-state index in [2.05, 4.69) is 37.6 Å². The Morgan fingerprint density at radius 3 is 2.31 bits per heavy atom. The van der Waals surface area contributed by atoms with E-state index in [9.17, 15) is 13.6 Å². The number of hydrogen-bond donors (Lipinski definition) is 0. The van der Waals surface area contributed by atoms with Gasteiger partial charge >= 0.3 is 0 Å². The Bertz CT molecular complexity index is 980. The summed E-state index contributed by atoms with van der Waals surface area (Å²) in [5.74, 6) is -1.16. The number of nitrogens with zero attached hydrogens (tertiary/aromatic N) is 3. The van der Waals surface area contributed by atoms with Crippen LogP contribution in [-0.4, -0.2) is 30.9 Å². The van der Waals surface area contributed by atoms with Crippen LogP contribution in [-0.2, 0) is 4.79 Å². The van der Waals surface area contributed by atoms with Crippen LogP contribution in [0.3, 0.4) is 0 Å². The lowest BCUT2D eigenvalue weighted by atomic mass is 9.60. The van der Waals surface area contributed by atoms with Crippen molar-refractivity contribution in [2.45, 2.75) is 52.9 Å². The second-order valence-electron chi connectivity index (χ2n) is 10.7. The van der Waals surface area contributed by atoms with E-state index in [1.54, 1.807) is 6.08 Å². The summed E-state index contributed by atoms with van der Waals surface area (Å²) in [6.45, 7) is 12.3. The zero-order chi connectivity index (χ0) is 23.3. The predicted molar refractivity (Wildman–Crippen MR) is 122 cm³/mol. The Hall–Kier alpha value is -2.37. The van der Waals surface area contributed by atoms with Crippen molar-refractivity contribution in [2.75, 3.05) is 20.1 Å². The van der Waals surface area contributed by atoms with Gasteiger partial charge in [0.1, 0.15) is 11.6 Å². The van der Waals surface area contributed by atoms with Crippen molar-refractivity contribution in [3.8, 4) is 0 Å². The largest absolute Gasteiger partial charge is 0.341 e. The third-order valence-electron chi connectivity index (χ3n) is 8.65. The number of carbonyl (C=O) groups excluding carboxylic acids is 1. The fraction of sp³-hybridized carbons (Fsp3) is 0.577. The first-order valence-electron chi connectivity index (χ1n) is 11.5. The van der Waals surface area contributed by atoms with Crippen molar-refractivity contribution >= 4 is 11.6 Å². The molecule has 0 radical (unpaired) electrons. The average molecular weight is 442 g/mol. The second-order valence-corrected chi connectivity index (χ2v) is 10.7. The van der Waals surface area contributed by atoms with Gasteiger partial charge in [-0.1, -0.05) is 39.8 Å². The smallest absolute Gasteiger partial charge is 0.229 e. The van der Waals surface area contributed by atoms with Crippen molar-refractivity contribution in [3.05, 3.63) is 53.6 Å². The van der Waals surface area contributed by atoms with E-state index in [-0.39, 0.29) is 28.5 Å². The number of carbonyl (C=O) groups is 1. The Morgan fingerprint density at radius 1 is 1.16 bits per heavy atom. The van der Waals surface area contributed by atoms with Gasteiger partial charge in [0.05, 0.1) is 16.7 Å². The molecule has 3 aliphatic rings. The van der Waals surface area contributed by atoms with Crippen LogP contribution in [0.25, 0.3) is 5.70 Å². The van der Waals surface area contributed by atoms with Gasteiger partial charge in [-0.05, 0) is 60.8 Å². The number of azo groups is 1. The summed E-state index contributed by atoms with van der Waals surface area (Å²) in [6.07, 6.45) is 6.94. The molecule has 2 saturated carbocycles. The van der Waals surface area contributed by atoms with E-state index in [0.717, 1.165) is 31.5 Å². The van der Waals surface area contributed by atoms with Crippen molar-refractivity contribution in [1.82, 2.24) is 4.90 Å². The first-order valence-corrected chi connectivity index (χ1v) is 11.5. The Kier molecular flexibility index (Phi) is 5.62. The van der Waals surface area contributed by atoms with E-state index in [1.165, 1.54) is 44.5 Å². The van der Waals surface area contributed by atoms with Gasteiger partial charge in [0.25, 0.3) is 0 Å². The summed E-state index contributed by atoms with van der Waals surface area (Å²) in [5.41, 5.74) is 0.150. The molecule has 1 amide bonds. The summed E-state index contributed by atoms with van der Waals surface area (Å²) in [5, 5.41) is 7.76. The second kappa shape index (κ2) is 7.89. The van der Waals surface area contributed by atoms with Gasteiger partial charge < -0.3 is 4.90 Å². The van der Waals surface area contributed by atoms with E-state index in [1.807, 2.05) is 4.90 Å². The molecule has 32 heavy (non-hydrogen) atoms. The number of amides is 1. The molecule has 6 heteroatoms. The van der Waals surface area contributed by atoms with Crippen LogP contribution in [0, 0.1) is 33.8 Å². The highest BCUT2D eigenvalue weighted by molar-refractivity contribution is 5.85. The van der Waals surface area contributed by atoms with Gasteiger partial charge in [-0.3, -0.25) is 4.79 Å². The lowest BCUT2D eigenvalue weighted by Gasteiger charge is -2.58. The van der Waals surface area contributed by atoms with Gasteiger partial charge in [0.2, 0.25) is 5.91 Å². The van der Waals surface area contributed by atoms with Gasteiger partial charge in [-0.25, -0.2) is 8.78 Å². The minimum Gasteiger partial charge on any atom is -0.341 e. The molecule has 1 saturated heterocycles. The zero-order valence-electron chi connectivity index (χ0n) is 19.5. The number of likely N-dealkylation sites (tertiary alicyclic amines) is 1. The van der Waals surface area contributed by atoms with Gasteiger partial charge in [-0.2, -0.15) is 10.2 Å². The SMILES string of the molecule is C=C(/C=C(\N=NC)c1c(F)cccc1F)C1CCC(C)(C(=O)N2CC3(CCC3)C2)C1(C)C. The van der Waals surface area contributed by atoms with Gasteiger partial charge in [0.15, 0.2) is 0 Å². The molecule has 1 spiro atoms. The standard InChI is InChI=1S/C26H33F2N3O/c1-17(14-21(30-29-5)22-19(27)8-6-9-20(22)28)18-10-13-25(4,24(18,2)3)23(32)31-15-26(16-31)11-7-12-26/h6,8-9,14,18H,1,7,10-13,15-16H2,2-5H3/b21-14-,30-29?. The first-order chi connectivity index (χ1) is 15.0. The number of rotatable bonds is 5. The minimum absolute atomic E-state index is 0.00715. The molecular formula is C26H33F2N3O. The Labute approximate surface area is 189 Å². The molecule has 1 aromatic carbocycles. The van der Waals surface area contributed by atoms with E-state index in [0.29, 0.717) is 5.41 Å². The molecule has 2 unspecified atom stereocenters. The molecule has 0 N–H and O–H groups in total. The lowest BCUT2D eigenvalue weighted by molar-refractivity contribution is -0.165. The summed E-state index contributed by atoms with van der Waals surface area (Å²) >= 11 is 0. The molecular weight excluding hydrogens is 408 g/mol. The minimum atomic E-state index is -0.690. The van der Waals surface area contributed by atoms with E-state index >= 15 is 0 Å². The predicted octanol–water partition coefficient (Wildman–Crippen LogP) is 6.40. The number of allylic oxidation sites excluding steroid dienone is 2. The molecule has 1 aliphatic heterocycles. The van der Waals surface area contributed by atoms with Crippen LogP contribution in [0.4, 0.5) is 8.78 Å². The van der Waals surface area contributed by atoms with Crippen molar-refractivity contribution in [2.24, 2.45) is 32.4 Å². The summed E-state index contributed by atoms with van der Waals surface area (Å²) in [4.78, 5) is 15.6. The van der Waals surface area contributed by atoms with Crippen LogP contribution < -0.4 is 0 Å². The molecule has 3 fully saturated rings. The van der Waals surface area contributed by atoms with Crippen molar-refractivity contribution < 1.29 is 13.6 Å². The van der Waals surface area contributed by atoms with E-state index < -0.39 is 17.0 Å². The third kappa shape index (κ3) is 3.43. The number of benzene rings is 1. The summed E-state index contributed by atoms with van der Waals surface area (Å²) in [7, 11) is 1.46. The highest BCUT2D eigenvalue weighted by Gasteiger charge is 2.60. The molecule has 2 atom stereocenters.